The van der Waals surface area contributed by atoms with E-state index in [4.69, 9.17) is 4.74 Å². The second kappa shape index (κ2) is 11.3. The molecule has 2 unspecified atom stereocenters. The van der Waals surface area contributed by atoms with Crippen LogP contribution in [0.2, 0.25) is 0 Å². The largest absolute Gasteiger partial charge is 0.462 e. The highest BCUT2D eigenvalue weighted by Gasteiger charge is 2.12. The van der Waals surface area contributed by atoms with Gasteiger partial charge in [-0.25, -0.2) is 4.79 Å². The molecule has 7 heteroatoms. The summed E-state index contributed by atoms with van der Waals surface area (Å²) >= 11 is 0. The molecule has 0 fully saturated rings. The van der Waals surface area contributed by atoms with Crippen molar-refractivity contribution >= 4 is 23.0 Å². The van der Waals surface area contributed by atoms with Crippen molar-refractivity contribution in [1.29, 1.82) is 0 Å². The molecule has 156 valence electrons. The topological polar surface area (TPSA) is 94.7 Å². The fourth-order valence-electron chi connectivity index (χ4n) is 2.71. The van der Waals surface area contributed by atoms with Gasteiger partial charge < -0.3 is 19.8 Å². The summed E-state index contributed by atoms with van der Waals surface area (Å²) in [5, 5.41) is 27.7. The molecule has 0 aliphatic heterocycles. The molecule has 0 aromatic heterocycles. The van der Waals surface area contributed by atoms with Crippen molar-refractivity contribution < 1.29 is 19.7 Å². The number of carbonyl (C=O) groups excluding carboxylic acids is 1. The number of anilines is 1. The van der Waals surface area contributed by atoms with E-state index in [1.165, 1.54) is 0 Å². The second-order valence-corrected chi connectivity index (χ2v) is 7.00. The summed E-state index contributed by atoms with van der Waals surface area (Å²) in [6.07, 6.45) is -0.224. The summed E-state index contributed by atoms with van der Waals surface area (Å²) in [6, 6.07) is 14.2. The molecule has 0 heterocycles. The minimum Gasteiger partial charge on any atom is -0.462 e. The smallest absolute Gasteiger partial charge is 0.338 e. The van der Waals surface area contributed by atoms with Gasteiger partial charge >= 0.3 is 5.97 Å². The molecule has 29 heavy (non-hydrogen) atoms. The monoisotopic (exact) mass is 399 g/mol. The summed E-state index contributed by atoms with van der Waals surface area (Å²) in [5.74, 6) is -0.343. The molecular weight excluding hydrogens is 370 g/mol. The Morgan fingerprint density at radius 1 is 0.931 bits per heavy atom. The van der Waals surface area contributed by atoms with Crippen LogP contribution in [0, 0.1) is 0 Å². The molecular formula is C22H29N3O4. The third-order valence-corrected chi connectivity index (χ3v) is 4.01. The van der Waals surface area contributed by atoms with Crippen molar-refractivity contribution in [3.05, 3.63) is 54.1 Å². The van der Waals surface area contributed by atoms with Gasteiger partial charge in [-0.05, 0) is 68.8 Å². The average Bonchev–Trinajstić information content (AvgIpc) is 2.70. The van der Waals surface area contributed by atoms with Crippen LogP contribution in [0.1, 0.15) is 37.6 Å². The third-order valence-electron chi connectivity index (χ3n) is 4.01. The van der Waals surface area contributed by atoms with Crippen LogP contribution in [0.4, 0.5) is 17.1 Å². The number of azo groups is 1. The predicted molar refractivity (Wildman–Crippen MR) is 113 cm³/mol. The van der Waals surface area contributed by atoms with Gasteiger partial charge in [-0.3, -0.25) is 0 Å². The average molecular weight is 399 g/mol. The number of hydrogen-bond acceptors (Lipinski definition) is 7. The van der Waals surface area contributed by atoms with Crippen LogP contribution in [0.5, 0.6) is 0 Å². The molecule has 2 N–H and O–H groups in total. The Kier molecular flexibility index (Phi) is 8.76. The molecule has 0 spiro atoms. The van der Waals surface area contributed by atoms with Crippen LogP contribution in [0.25, 0.3) is 0 Å². The fraction of sp³-hybridized carbons (Fsp3) is 0.409. The standard InChI is InChI=1S/C22H29N3O4/c1-4-13-29-22(28)18-5-7-19(8-6-18)23-24-20-9-11-21(12-10-20)25(14-16(2)26)15-17(3)27/h5-12,16-17,26-27H,4,13-15H2,1-3H3. The Morgan fingerprint density at radius 2 is 1.41 bits per heavy atom. The molecule has 7 nitrogen and oxygen atoms in total. The lowest BCUT2D eigenvalue weighted by Gasteiger charge is -2.27. The van der Waals surface area contributed by atoms with Crippen LogP contribution < -0.4 is 4.90 Å². The molecule has 0 aliphatic carbocycles. The first kappa shape index (κ1) is 22.5. The zero-order valence-electron chi connectivity index (χ0n) is 17.2. The van der Waals surface area contributed by atoms with E-state index in [-0.39, 0.29) is 5.97 Å². The van der Waals surface area contributed by atoms with E-state index in [0.29, 0.717) is 36.6 Å². The van der Waals surface area contributed by atoms with E-state index < -0.39 is 12.2 Å². The summed E-state index contributed by atoms with van der Waals surface area (Å²) < 4.78 is 5.10. The van der Waals surface area contributed by atoms with Gasteiger partial charge in [-0.1, -0.05) is 6.92 Å². The van der Waals surface area contributed by atoms with Crippen LogP contribution >= 0.6 is 0 Å². The zero-order valence-corrected chi connectivity index (χ0v) is 17.2. The van der Waals surface area contributed by atoms with Gasteiger partial charge in [0.15, 0.2) is 0 Å². The Balaban J connectivity index is 2.02. The molecule has 0 saturated carbocycles. The van der Waals surface area contributed by atoms with Gasteiger partial charge in [0.25, 0.3) is 0 Å². The van der Waals surface area contributed by atoms with E-state index in [0.717, 1.165) is 12.1 Å². The van der Waals surface area contributed by atoms with Gasteiger partial charge in [0.05, 0.1) is 35.8 Å². The minimum atomic E-state index is -0.504. The van der Waals surface area contributed by atoms with Crippen molar-refractivity contribution in [2.75, 3.05) is 24.6 Å². The number of ether oxygens (including phenoxy) is 1. The van der Waals surface area contributed by atoms with E-state index in [2.05, 4.69) is 10.2 Å². The number of rotatable bonds is 10. The van der Waals surface area contributed by atoms with E-state index in [1.807, 2.05) is 36.1 Å². The van der Waals surface area contributed by atoms with Gasteiger partial charge in [-0.15, -0.1) is 0 Å². The second-order valence-electron chi connectivity index (χ2n) is 7.00. The number of esters is 1. The Hall–Kier alpha value is -2.77. The first-order chi connectivity index (χ1) is 13.9. The van der Waals surface area contributed by atoms with Crippen LogP contribution in [0.3, 0.4) is 0 Å². The number of hydrogen-bond donors (Lipinski definition) is 2. The minimum absolute atomic E-state index is 0.343. The van der Waals surface area contributed by atoms with Gasteiger partial charge in [0.1, 0.15) is 0 Å². The summed E-state index contributed by atoms with van der Waals surface area (Å²) in [7, 11) is 0. The molecule has 2 aromatic carbocycles. The molecule has 2 atom stereocenters. The summed E-state index contributed by atoms with van der Waals surface area (Å²) in [6.45, 7) is 6.64. The van der Waals surface area contributed by atoms with Crippen molar-refractivity contribution in [2.45, 2.75) is 39.4 Å². The van der Waals surface area contributed by atoms with Gasteiger partial charge in [0.2, 0.25) is 0 Å². The number of nitrogens with zero attached hydrogens (tertiary/aromatic N) is 3. The lowest BCUT2D eigenvalue weighted by Crippen LogP contribution is -2.36. The van der Waals surface area contributed by atoms with Crippen LogP contribution in [-0.4, -0.2) is 48.1 Å². The highest BCUT2D eigenvalue weighted by Crippen LogP contribution is 2.23. The predicted octanol–water partition coefficient (Wildman–Crippen LogP) is 4.24. The third kappa shape index (κ3) is 7.63. The molecule has 2 aromatic rings. The van der Waals surface area contributed by atoms with Crippen LogP contribution in [0.15, 0.2) is 58.8 Å². The SMILES string of the molecule is CCCOC(=O)c1ccc(N=Nc2ccc(N(CC(C)O)CC(C)O)cc2)cc1. The molecule has 0 bridgehead atoms. The van der Waals surface area contributed by atoms with E-state index in [9.17, 15) is 15.0 Å². The lowest BCUT2D eigenvalue weighted by molar-refractivity contribution is 0.0505. The number of aliphatic hydroxyl groups is 2. The zero-order chi connectivity index (χ0) is 21.2. The van der Waals surface area contributed by atoms with Gasteiger partial charge in [-0.2, -0.15) is 10.2 Å². The Labute approximate surface area is 171 Å². The lowest BCUT2D eigenvalue weighted by atomic mass is 10.2. The molecule has 0 aliphatic rings. The van der Waals surface area contributed by atoms with Crippen LogP contribution in [-0.2, 0) is 4.74 Å². The molecule has 0 amide bonds. The molecule has 2 rings (SSSR count). The summed E-state index contributed by atoms with van der Waals surface area (Å²) in [4.78, 5) is 13.7. The summed E-state index contributed by atoms with van der Waals surface area (Å²) in [5.41, 5.74) is 2.68. The van der Waals surface area contributed by atoms with Crippen molar-refractivity contribution in [1.82, 2.24) is 0 Å². The molecule has 0 radical (unpaired) electrons. The maximum atomic E-state index is 11.8. The Bertz CT molecular complexity index is 777. The number of aliphatic hydroxyl groups excluding tert-OH is 2. The number of carbonyl (C=O) groups is 1. The molecule has 0 saturated heterocycles. The van der Waals surface area contributed by atoms with Crippen molar-refractivity contribution in [3.63, 3.8) is 0 Å². The highest BCUT2D eigenvalue weighted by atomic mass is 16.5. The van der Waals surface area contributed by atoms with Crippen molar-refractivity contribution in [2.24, 2.45) is 10.2 Å². The first-order valence-electron chi connectivity index (χ1n) is 9.79. The van der Waals surface area contributed by atoms with Gasteiger partial charge in [0, 0.05) is 18.8 Å². The van der Waals surface area contributed by atoms with Crippen molar-refractivity contribution in [3.8, 4) is 0 Å². The Morgan fingerprint density at radius 3 is 1.86 bits per heavy atom. The van der Waals surface area contributed by atoms with E-state index >= 15 is 0 Å². The highest BCUT2D eigenvalue weighted by molar-refractivity contribution is 5.89. The quantitative estimate of drug-likeness (QED) is 0.460. The maximum absolute atomic E-state index is 11.8. The van der Waals surface area contributed by atoms with E-state index in [1.54, 1.807) is 38.1 Å². The maximum Gasteiger partial charge on any atom is 0.338 e. The fourth-order valence-corrected chi connectivity index (χ4v) is 2.71. The normalized spacial score (nSPS) is 13.3. The first-order valence-corrected chi connectivity index (χ1v) is 9.79. The number of benzene rings is 2.